The van der Waals surface area contributed by atoms with Gasteiger partial charge in [-0.05, 0) is 25.7 Å². The zero-order chi connectivity index (χ0) is 20.1. The lowest BCUT2D eigenvalue weighted by Gasteiger charge is -2.35. The first-order chi connectivity index (χ1) is 14.2. The Labute approximate surface area is 169 Å². The number of aromatic nitrogens is 5. The summed E-state index contributed by atoms with van der Waals surface area (Å²) in [5, 5.41) is 10.0. The SMILES string of the molecule is N[C@H]1CC[C@@H](C(=O)NCc2nc(-c3cnccn3)n[nH]2)CN(C2CCOCC2)C1. The van der Waals surface area contributed by atoms with Crippen LogP contribution in [0.3, 0.4) is 0 Å². The standard InChI is InChI=1S/C19H28N8O2/c20-14-2-1-13(11-27(12-14)15-3-7-29-8-4-15)19(28)23-10-17-24-18(26-25-17)16-9-21-5-6-22-16/h5-6,9,13-15H,1-4,7-8,10-12,20H2,(H,23,28)(H,24,25,26)/t13-,14+/m1/s1. The van der Waals surface area contributed by atoms with E-state index in [1.165, 1.54) is 0 Å². The number of carbonyl (C=O) groups excluding carboxylic acids is 1. The van der Waals surface area contributed by atoms with Gasteiger partial charge in [-0.3, -0.25) is 19.8 Å². The molecule has 2 fully saturated rings. The second-order valence-corrected chi connectivity index (χ2v) is 7.75. The van der Waals surface area contributed by atoms with Crippen molar-refractivity contribution in [3.63, 3.8) is 0 Å². The van der Waals surface area contributed by atoms with Crippen LogP contribution in [-0.2, 0) is 16.1 Å². The van der Waals surface area contributed by atoms with Crippen LogP contribution >= 0.6 is 0 Å². The van der Waals surface area contributed by atoms with E-state index in [0.717, 1.165) is 52.0 Å². The third-order valence-electron chi connectivity index (χ3n) is 5.64. The van der Waals surface area contributed by atoms with Crippen LogP contribution in [0.1, 0.15) is 31.5 Å². The number of amides is 1. The molecule has 0 aliphatic carbocycles. The summed E-state index contributed by atoms with van der Waals surface area (Å²) in [6, 6.07) is 0.562. The van der Waals surface area contributed by atoms with Crippen LogP contribution in [0.5, 0.6) is 0 Å². The topological polar surface area (TPSA) is 135 Å². The summed E-state index contributed by atoms with van der Waals surface area (Å²) >= 11 is 0. The number of aromatic amines is 1. The molecule has 4 rings (SSSR count). The molecule has 2 aliphatic rings. The molecule has 0 aromatic carbocycles. The average molecular weight is 400 g/mol. The summed E-state index contributed by atoms with van der Waals surface area (Å²) in [4.78, 5) is 27.8. The molecule has 2 aliphatic heterocycles. The first-order valence-corrected chi connectivity index (χ1v) is 10.2. The van der Waals surface area contributed by atoms with Gasteiger partial charge < -0.3 is 15.8 Å². The number of hydrogen-bond donors (Lipinski definition) is 3. The van der Waals surface area contributed by atoms with E-state index < -0.39 is 0 Å². The minimum absolute atomic E-state index is 0.0358. The Morgan fingerprint density at radius 2 is 2.10 bits per heavy atom. The lowest BCUT2D eigenvalue weighted by atomic mass is 10.0. The zero-order valence-corrected chi connectivity index (χ0v) is 16.5. The Kier molecular flexibility index (Phi) is 6.43. The Morgan fingerprint density at radius 1 is 1.24 bits per heavy atom. The molecule has 2 aromatic rings. The van der Waals surface area contributed by atoms with Crippen LogP contribution < -0.4 is 11.1 Å². The van der Waals surface area contributed by atoms with Crippen molar-refractivity contribution in [3.05, 3.63) is 24.4 Å². The van der Waals surface area contributed by atoms with E-state index in [4.69, 9.17) is 10.5 Å². The van der Waals surface area contributed by atoms with Gasteiger partial charge in [0.15, 0.2) is 0 Å². The van der Waals surface area contributed by atoms with Crippen molar-refractivity contribution in [1.82, 2.24) is 35.4 Å². The maximum atomic E-state index is 12.8. The van der Waals surface area contributed by atoms with Gasteiger partial charge in [0.05, 0.1) is 18.7 Å². The van der Waals surface area contributed by atoms with Crippen LogP contribution in [-0.4, -0.2) is 74.3 Å². The van der Waals surface area contributed by atoms with Crippen LogP contribution in [0.25, 0.3) is 11.5 Å². The Balaban J connectivity index is 1.34. The molecule has 0 bridgehead atoms. The van der Waals surface area contributed by atoms with Crippen molar-refractivity contribution in [2.24, 2.45) is 11.7 Å². The second-order valence-electron chi connectivity index (χ2n) is 7.75. The molecule has 156 valence electrons. The third-order valence-corrected chi connectivity index (χ3v) is 5.64. The molecule has 2 saturated heterocycles. The minimum atomic E-state index is -0.0752. The summed E-state index contributed by atoms with van der Waals surface area (Å²) in [7, 11) is 0. The molecule has 10 nitrogen and oxygen atoms in total. The molecule has 29 heavy (non-hydrogen) atoms. The van der Waals surface area contributed by atoms with Crippen LogP contribution in [0, 0.1) is 5.92 Å². The molecule has 4 N–H and O–H groups in total. The number of rotatable bonds is 5. The number of carbonyl (C=O) groups is 1. The molecule has 0 unspecified atom stereocenters. The number of H-pyrrole nitrogens is 1. The average Bonchev–Trinajstić information content (AvgIpc) is 3.15. The fourth-order valence-corrected chi connectivity index (χ4v) is 4.04. The van der Waals surface area contributed by atoms with Gasteiger partial charge in [-0.2, -0.15) is 5.10 Å². The van der Waals surface area contributed by atoms with Crippen molar-refractivity contribution >= 4 is 5.91 Å². The van der Waals surface area contributed by atoms with Crippen molar-refractivity contribution < 1.29 is 9.53 Å². The number of nitrogens with one attached hydrogen (secondary N) is 2. The summed E-state index contributed by atoms with van der Waals surface area (Å²) in [5.74, 6) is 1.02. The van der Waals surface area contributed by atoms with E-state index in [0.29, 0.717) is 29.9 Å². The van der Waals surface area contributed by atoms with E-state index in [-0.39, 0.29) is 17.9 Å². The predicted octanol–water partition coefficient (Wildman–Crippen LogP) is 0.0962. The summed E-state index contributed by atoms with van der Waals surface area (Å²) in [6.45, 7) is 3.45. The predicted molar refractivity (Wildman–Crippen MR) is 105 cm³/mol. The number of nitrogens with two attached hydrogens (primary N) is 1. The van der Waals surface area contributed by atoms with Crippen LogP contribution in [0.2, 0.25) is 0 Å². The molecule has 0 radical (unpaired) electrons. The summed E-state index contributed by atoms with van der Waals surface area (Å²) in [6.07, 6.45) is 8.46. The first kappa shape index (κ1) is 19.9. The maximum Gasteiger partial charge on any atom is 0.224 e. The Bertz CT molecular complexity index is 793. The van der Waals surface area contributed by atoms with Gasteiger partial charge in [0.2, 0.25) is 11.7 Å². The van der Waals surface area contributed by atoms with Crippen molar-refractivity contribution in [3.8, 4) is 11.5 Å². The number of nitrogens with zero attached hydrogens (tertiary/aromatic N) is 5. The smallest absolute Gasteiger partial charge is 0.224 e. The van der Waals surface area contributed by atoms with E-state index in [1.807, 2.05) is 0 Å². The van der Waals surface area contributed by atoms with Gasteiger partial charge in [-0.1, -0.05) is 0 Å². The minimum Gasteiger partial charge on any atom is -0.381 e. The monoisotopic (exact) mass is 400 g/mol. The summed E-state index contributed by atoms with van der Waals surface area (Å²) < 4.78 is 5.48. The van der Waals surface area contributed by atoms with Crippen molar-refractivity contribution in [1.29, 1.82) is 0 Å². The number of likely N-dealkylation sites (tertiary alicyclic amines) is 1. The number of hydrogen-bond acceptors (Lipinski definition) is 8. The molecule has 2 atom stereocenters. The van der Waals surface area contributed by atoms with E-state index in [2.05, 4.69) is 35.4 Å². The first-order valence-electron chi connectivity index (χ1n) is 10.2. The highest BCUT2D eigenvalue weighted by atomic mass is 16.5. The maximum absolute atomic E-state index is 12.8. The van der Waals surface area contributed by atoms with Crippen LogP contribution in [0.15, 0.2) is 18.6 Å². The third kappa shape index (κ3) is 5.14. The molecule has 0 spiro atoms. The van der Waals surface area contributed by atoms with Gasteiger partial charge in [0.1, 0.15) is 11.5 Å². The Hall–Kier alpha value is -2.43. The molecule has 1 amide bonds. The van der Waals surface area contributed by atoms with Gasteiger partial charge in [0, 0.05) is 50.8 Å². The lowest BCUT2D eigenvalue weighted by Crippen LogP contribution is -2.47. The normalized spacial score (nSPS) is 24.2. The van der Waals surface area contributed by atoms with E-state index in [1.54, 1.807) is 18.6 Å². The highest BCUT2D eigenvalue weighted by molar-refractivity contribution is 5.78. The van der Waals surface area contributed by atoms with Gasteiger partial charge in [-0.25, -0.2) is 9.97 Å². The molecular weight excluding hydrogens is 372 g/mol. The second kappa shape index (κ2) is 9.38. The number of ether oxygens (including phenoxy) is 1. The molecular formula is C19H28N8O2. The fourth-order valence-electron chi connectivity index (χ4n) is 4.04. The van der Waals surface area contributed by atoms with Crippen LogP contribution in [0.4, 0.5) is 0 Å². The molecule has 0 saturated carbocycles. The summed E-state index contributed by atoms with van der Waals surface area (Å²) in [5.41, 5.74) is 6.87. The van der Waals surface area contributed by atoms with E-state index in [9.17, 15) is 4.79 Å². The largest absolute Gasteiger partial charge is 0.381 e. The van der Waals surface area contributed by atoms with Crippen molar-refractivity contribution in [2.45, 2.75) is 44.3 Å². The molecule has 2 aromatic heterocycles. The van der Waals surface area contributed by atoms with Gasteiger partial charge in [0.25, 0.3) is 0 Å². The highest BCUT2D eigenvalue weighted by Gasteiger charge is 2.31. The van der Waals surface area contributed by atoms with Gasteiger partial charge in [-0.15, -0.1) is 0 Å². The molecule has 10 heteroatoms. The zero-order valence-electron chi connectivity index (χ0n) is 16.5. The van der Waals surface area contributed by atoms with E-state index >= 15 is 0 Å². The Morgan fingerprint density at radius 3 is 2.90 bits per heavy atom. The fraction of sp³-hybridized carbons (Fsp3) is 0.632. The van der Waals surface area contributed by atoms with Crippen molar-refractivity contribution in [2.75, 3.05) is 26.3 Å². The van der Waals surface area contributed by atoms with Gasteiger partial charge >= 0.3 is 0 Å². The highest BCUT2D eigenvalue weighted by Crippen LogP contribution is 2.22. The quantitative estimate of drug-likeness (QED) is 0.643. The lowest BCUT2D eigenvalue weighted by molar-refractivity contribution is -0.126. The molecule has 4 heterocycles.